The van der Waals surface area contributed by atoms with E-state index in [0.29, 0.717) is 28.3 Å². The van der Waals surface area contributed by atoms with E-state index < -0.39 is 11.6 Å². The van der Waals surface area contributed by atoms with E-state index in [9.17, 15) is 4.39 Å². The molecule has 0 radical (unpaired) electrons. The maximum absolute atomic E-state index is 13.2. The standard InChI is InChI=1S/C25H21Cl4FN2O.HI/c26-20-6-3-18(4-7-20)24(33-15-19-5-8-21(27)13-23(19)28)25(29)32-12-11-31(16-32)14-17-1-9-22(30)10-2-17;/h1-13,24-25H,14-16H2;1H. The van der Waals surface area contributed by atoms with Gasteiger partial charge in [-0.15, -0.1) is 24.0 Å². The molecule has 1 heterocycles. The van der Waals surface area contributed by atoms with Crippen LogP contribution in [0.5, 0.6) is 0 Å². The number of benzene rings is 3. The smallest absolute Gasteiger partial charge is 0.135 e. The van der Waals surface area contributed by atoms with E-state index in [1.165, 1.54) is 12.1 Å². The lowest BCUT2D eigenvalue weighted by atomic mass is 10.1. The van der Waals surface area contributed by atoms with Gasteiger partial charge >= 0.3 is 0 Å². The van der Waals surface area contributed by atoms with Gasteiger partial charge in [-0.25, -0.2) is 4.39 Å². The zero-order valence-electron chi connectivity index (χ0n) is 17.9. The molecular formula is C25H22Cl4FIN2O. The van der Waals surface area contributed by atoms with E-state index in [1.54, 1.807) is 24.3 Å². The Morgan fingerprint density at radius 1 is 0.882 bits per heavy atom. The lowest BCUT2D eigenvalue weighted by Crippen LogP contribution is -2.35. The van der Waals surface area contributed by atoms with Crippen molar-refractivity contribution < 1.29 is 9.13 Å². The summed E-state index contributed by atoms with van der Waals surface area (Å²) in [4.78, 5) is 4.09. The highest BCUT2D eigenvalue weighted by Gasteiger charge is 2.29. The lowest BCUT2D eigenvalue weighted by Gasteiger charge is -2.31. The first-order chi connectivity index (χ1) is 15.9. The van der Waals surface area contributed by atoms with Gasteiger partial charge < -0.3 is 14.5 Å². The Labute approximate surface area is 236 Å². The van der Waals surface area contributed by atoms with Crippen LogP contribution in [0.25, 0.3) is 0 Å². The van der Waals surface area contributed by atoms with Crippen LogP contribution in [0.2, 0.25) is 15.1 Å². The third-order valence-electron chi connectivity index (χ3n) is 5.31. The SMILES string of the molecule is Fc1ccc(CN2C=CN(C(Cl)C(OCc3ccc(Cl)cc3Cl)c3ccc(Cl)cc3)C2)cc1.I. The van der Waals surface area contributed by atoms with E-state index in [4.69, 9.17) is 51.1 Å². The molecule has 0 saturated carbocycles. The summed E-state index contributed by atoms with van der Waals surface area (Å²) in [5.41, 5.74) is 2.23. The number of hydrogen-bond donors (Lipinski definition) is 0. The Kier molecular flexibility index (Phi) is 10.2. The minimum Gasteiger partial charge on any atom is -0.365 e. The van der Waals surface area contributed by atoms with Crippen molar-refractivity contribution in [3.05, 3.63) is 117 Å². The maximum atomic E-state index is 13.2. The van der Waals surface area contributed by atoms with Crippen molar-refractivity contribution in [1.82, 2.24) is 9.80 Å². The Balaban J connectivity index is 0.00000324. The molecule has 2 unspecified atom stereocenters. The van der Waals surface area contributed by atoms with Crippen LogP contribution in [0.1, 0.15) is 22.8 Å². The van der Waals surface area contributed by atoms with Crippen molar-refractivity contribution in [2.24, 2.45) is 0 Å². The lowest BCUT2D eigenvalue weighted by molar-refractivity contribution is 0.00658. The fourth-order valence-corrected chi connectivity index (χ4v) is 4.48. The predicted octanol–water partition coefficient (Wildman–Crippen LogP) is 8.47. The van der Waals surface area contributed by atoms with E-state index >= 15 is 0 Å². The van der Waals surface area contributed by atoms with Crippen LogP contribution in [-0.4, -0.2) is 22.0 Å². The minimum atomic E-state index is -0.494. The maximum Gasteiger partial charge on any atom is 0.135 e. The number of halogens is 6. The van der Waals surface area contributed by atoms with Crippen LogP contribution in [0.4, 0.5) is 4.39 Å². The van der Waals surface area contributed by atoms with E-state index in [0.717, 1.165) is 16.7 Å². The summed E-state index contributed by atoms with van der Waals surface area (Å²) in [7, 11) is 0. The Morgan fingerprint density at radius 2 is 1.56 bits per heavy atom. The molecule has 1 aliphatic heterocycles. The normalized spacial score (nSPS) is 14.7. The first kappa shape index (κ1) is 27.4. The summed E-state index contributed by atoms with van der Waals surface area (Å²) < 4.78 is 19.5. The molecule has 3 aromatic carbocycles. The summed E-state index contributed by atoms with van der Waals surface area (Å²) in [6.07, 6.45) is 3.45. The first-order valence-corrected chi connectivity index (χ1v) is 11.8. The van der Waals surface area contributed by atoms with Crippen molar-refractivity contribution in [3.63, 3.8) is 0 Å². The molecule has 9 heteroatoms. The second kappa shape index (κ2) is 12.7. The van der Waals surface area contributed by atoms with E-state index in [1.807, 2.05) is 47.6 Å². The van der Waals surface area contributed by atoms with E-state index in [2.05, 4.69) is 4.90 Å². The molecule has 0 fully saturated rings. The fraction of sp³-hybridized carbons (Fsp3) is 0.200. The van der Waals surface area contributed by atoms with Gasteiger partial charge in [0, 0.05) is 34.0 Å². The number of hydrogen-bond acceptors (Lipinski definition) is 3. The molecule has 0 saturated heterocycles. The van der Waals surface area contributed by atoms with Gasteiger partial charge in [0.25, 0.3) is 0 Å². The highest BCUT2D eigenvalue weighted by atomic mass is 127. The molecule has 3 nitrogen and oxygen atoms in total. The van der Waals surface area contributed by atoms with Crippen molar-refractivity contribution >= 4 is 70.4 Å². The van der Waals surface area contributed by atoms with Crippen LogP contribution < -0.4 is 0 Å². The first-order valence-electron chi connectivity index (χ1n) is 10.3. The van der Waals surface area contributed by atoms with Gasteiger partial charge in [0.2, 0.25) is 0 Å². The Hall–Kier alpha value is -1.22. The van der Waals surface area contributed by atoms with Crippen molar-refractivity contribution in [3.8, 4) is 0 Å². The van der Waals surface area contributed by atoms with Crippen molar-refractivity contribution in [2.45, 2.75) is 24.8 Å². The number of nitrogens with zero attached hydrogens (tertiary/aromatic N) is 2. The number of ether oxygens (including phenoxy) is 1. The highest BCUT2D eigenvalue weighted by Crippen LogP contribution is 2.33. The summed E-state index contributed by atoms with van der Waals surface area (Å²) in [6, 6.07) is 19.2. The monoisotopic (exact) mass is 652 g/mol. The number of alkyl halides is 1. The van der Waals surface area contributed by atoms with Gasteiger partial charge in [0.05, 0.1) is 13.3 Å². The second-order valence-corrected chi connectivity index (χ2v) is 9.45. The fourth-order valence-electron chi connectivity index (χ4n) is 3.55. The van der Waals surface area contributed by atoms with Crippen LogP contribution in [-0.2, 0) is 17.9 Å². The molecule has 0 N–H and O–H groups in total. The van der Waals surface area contributed by atoms with E-state index in [-0.39, 0.29) is 36.4 Å². The average Bonchev–Trinajstić information content (AvgIpc) is 3.26. The van der Waals surface area contributed by atoms with Gasteiger partial charge in [0.1, 0.15) is 17.4 Å². The zero-order valence-corrected chi connectivity index (χ0v) is 23.2. The topological polar surface area (TPSA) is 15.7 Å². The summed E-state index contributed by atoms with van der Waals surface area (Å²) in [6.45, 7) is 1.48. The molecule has 0 aliphatic carbocycles. The van der Waals surface area contributed by atoms with Gasteiger partial charge in [-0.05, 0) is 53.1 Å². The molecule has 0 spiro atoms. The molecule has 0 bridgehead atoms. The molecule has 34 heavy (non-hydrogen) atoms. The van der Waals surface area contributed by atoms with Crippen LogP contribution in [0.15, 0.2) is 79.1 Å². The predicted molar refractivity (Wildman–Crippen MR) is 148 cm³/mol. The summed E-state index contributed by atoms with van der Waals surface area (Å²) in [5, 5.41) is 1.74. The quantitative estimate of drug-likeness (QED) is 0.138. The van der Waals surface area contributed by atoms with Gasteiger partial charge in [-0.3, -0.25) is 0 Å². The van der Waals surface area contributed by atoms with Crippen molar-refractivity contribution in [2.75, 3.05) is 6.67 Å². The average molecular weight is 654 g/mol. The Bertz CT molecular complexity index is 1110. The molecule has 180 valence electrons. The number of rotatable bonds is 8. The Morgan fingerprint density at radius 3 is 2.24 bits per heavy atom. The van der Waals surface area contributed by atoms with Crippen LogP contribution in [0, 0.1) is 5.82 Å². The second-order valence-electron chi connectivity index (χ2n) is 7.72. The minimum absolute atomic E-state index is 0. The largest absolute Gasteiger partial charge is 0.365 e. The van der Waals surface area contributed by atoms with Crippen molar-refractivity contribution in [1.29, 1.82) is 0 Å². The molecule has 2 atom stereocenters. The van der Waals surface area contributed by atoms with Gasteiger partial charge in [0.15, 0.2) is 0 Å². The molecule has 3 aromatic rings. The third kappa shape index (κ3) is 7.15. The molecule has 4 rings (SSSR count). The van der Waals surface area contributed by atoms with Crippen LogP contribution in [0.3, 0.4) is 0 Å². The summed E-state index contributed by atoms with van der Waals surface area (Å²) in [5.74, 6) is -0.248. The molecular weight excluding hydrogens is 632 g/mol. The van der Waals surface area contributed by atoms with Gasteiger partial charge in [-0.2, -0.15) is 0 Å². The zero-order chi connectivity index (χ0) is 23.4. The van der Waals surface area contributed by atoms with Crippen LogP contribution >= 0.6 is 70.4 Å². The molecule has 0 aromatic heterocycles. The highest BCUT2D eigenvalue weighted by molar-refractivity contribution is 14.0. The molecule has 0 amide bonds. The molecule has 1 aliphatic rings. The third-order valence-corrected chi connectivity index (χ3v) is 6.63. The van der Waals surface area contributed by atoms with Gasteiger partial charge in [-0.1, -0.05) is 76.7 Å². The summed E-state index contributed by atoms with van der Waals surface area (Å²) >= 11 is 25.4.